The van der Waals surface area contributed by atoms with Crippen LogP contribution < -0.4 is 0 Å². The topological polar surface area (TPSA) is 53.1 Å². The number of rotatable bonds is 2. The predicted octanol–water partition coefficient (Wildman–Crippen LogP) is 0.939. The van der Waals surface area contributed by atoms with Crippen LogP contribution in [0, 0.1) is 5.92 Å². The standard InChI is InChI=1S/C16H25N3O3/c20-15(13-14-3-1-2-4-14)17-5-7-18(8-6-17)16(21)19-9-11-22-12-10-19/h1,3,14H,2,4-13H2. The molecular weight excluding hydrogens is 282 g/mol. The molecule has 0 aromatic heterocycles. The molecule has 0 aromatic carbocycles. The van der Waals surface area contributed by atoms with Crippen molar-refractivity contribution < 1.29 is 14.3 Å². The summed E-state index contributed by atoms with van der Waals surface area (Å²) in [5.74, 6) is 0.649. The summed E-state index contributed by atoms with van der Waals surface area (Å²) in [6.45, 7) is 5.19. The van der Waals surface area contributed by atoms with E-state index in [0.29, 0.717) is 64.8 Å². The van der Waals surface area contributed by atoms with Crippen LogP contribution in [0.1, 0.15) is 19.3 Å². The first kappa shape index (κ1) is 15.3. The minimum atomic E-state index is 0.0918. The fourth-order valence-electron chi connectivity index (χ4n) is 3.32. The van der Waals surface area contributed by atoms with Crippen molar-refractivity contribution in [3.63, 3.8) is 0 Å². The van der Waals surface area contributed by atoms with E-state index in [0.717, 1.165) is 12.8 Å². The molecule has 6 nitrogen and oxygen atoms in total. The van der Waals surface area contributed by atoms with Gasteiger partial charge in [-0.3, -0.25) is 4.79 Å². The molecule has 1 unspecified atom stereocenters. The van der Waals surface area contributed by atoms with Crippen molar-refractivity contribution in [1.82, 2.24) is 14.7 Å². The summed E-state index contributed by atoms with van der Waals surface area (Å²) in [5, 5.41) is 0. The Hall–Kier alpha value is -1.56. The van der Waals surface area contributed by atoms with Crippen LogP contribution >= 0.6 is 0 Å². The smallest absolute Gasteiger partial charge is 0.320 e. The van der Waals surface area contributed by atoms with Crippen LogP contribution in [0.5, 0.6) is 0 Å². The first-order chi connectivity index (χ1) is 10.7. The van der Waals surface area contributed by atoms with Gasteiger partial charge in [0, 0.05) is 45.7 Å². The Morgan fingerprint density at radius 3 is 2.23 bits per heavy atom. The second-order valence-corrected chi connectivity index (χ2v) is 6.22. The second kappa shape index (κ2) is 7.13. The van der Waals surface area contributed by atoms with E-state index in [2.05, 4.69) is 12.2 Å². The Labute approximate surface area is 131 Å². The molecule has 3 amide bonds. The number of ether oxygens (including phenoxy) is 1. The molecule has 0 radical (unpaired) electrons. The van der Waals surface area contributed by atoms with Crippen LogP contribution in [-0.4, -0.2) is 79.1 Å². The lowest BCUT2D eigenvalue weighted by Crippen LogP contribution is -2.55. The molecule has 3 aliphatic rings. The van der Waals surface area contributed by atoms with Crippen LogP contribution in [0.3, 0.4) is 0 Å². The molecule has 122 valence electrons. The Bertz CT molecular complexity index is 438. The Morgan fingerprint density at radius 2 is 1.59 bits per heavy atom. The summed E-state index contributed by atoms with van der Waals surface area (Å²) in [4.78, 5) is 30.3. The predicted molar refractivity (Wildman–Crippen MR) is 82.4 cm³/mol. The zero-order valence-electron chi connectivity index (χ0n) is 13.1. The van der Waals surface area contributed by atoms with Crippen molar-refractivity contribution in [3.8, 4) is 0 Å². The molecule has 1 atom stereocenters. The maximum atomic E-state index is 12.4. The molecule has 6 heteroatoms. The van der Waals surface area contributed by atoms with Gasteiger partial charge in [0.2, 0.25) is 5.91 Å². The van der Waals surface area contributed by atoms with Gasteiger partial charge >= 0.3 is 6.03 Å². The highest BCUT2D eigenvalue weighted by Crippen LogP contribution is 2.21. The summed E-state index contributed by atoms with van der Waals surface area (Å²) in [5.41, 5.74) is 0. The first-order valence-corrected chi connectivity index (χ1v) is 8.30. The van der Waals surface area contributed by atoms with E-state index in [4.69, 9.17) is 4.74 Å². The molecule has 0 bridgehead atoms. The maximum Gasteiger partial charge on any atom is 0.320 e. The molecule has 3 rings (SSSR count). The van der Waals surface area contributed by atoms with Crippen molar-refractivity contribution in [2.45, 2.75) is 19.3 Å². The minimum Gasteiger partial charge on any atom is -0.378 e. The SMILES string of the molecule is O=C(CC1C=CCC1)N1CCN(C(=O)N2CCOCC2)CC1. The third kappa shape index (κ3) is 3.61. The van der Waals surface area contributed by atoms with Gasteiger partial charge in [0.25, 0.3) is 0 Å². The highest BCUT2D eigenvalue weighted by molar-refractivity contribution is 5.78. The fourth-order valence-corrected chi connectivity index (χ4v) is 3.32. The van der Waals surface area contributed by atoms with Gasteiger partial charge in [-0.05, 0) is 18.8 Å². The molecule has 0 aromatic rings. The zero-order valence-corrected chi connectivity index (χ0v) is 13.1. The van der Waals surface area contributed by atoms with Crippen LogP contribution in [0.25, 0.3) is 0 Å². The first-order valence-electron chi connectivity index (χ1n) is 8.30. The molecule has 2 heterocycles. The number of urea groups is 1. The van der Waals surface area contributed by atoms with Gasteiger partial charge in [0.1, 0.15) is 0 Å². The van der Waals surface area contributed by atoms with Gasteiger partial charge < -0.3 is 19.4 Å². The van der Waals surface area contributed by atoms with Crippen LogP contribution in [-0.2, 0) is 9.53 Å². The van der Waals surface area contributed by atoms with Crippen molar-refractivity contribution in [2.24, 2.45) is 5.92 Å². The van der Waals surface area contributed by atoms with E-state index in [1.165, 1.54) is 0 Å². The highest BCUT2D eigenvalue weighted by atomic mass is 16.5. The average Bonchev–Trinajstić information content (AvgIpc) is 3.08. The normalized spacial score (nSPS) is 25.6. The number of morpholine rings is 1. The largest absolute Gasteiger partial charge is 0.378 e. The molecular formula is C16H25N3O3. The third-order valence-electron chi connectivity index (χ3n) is 4.73. The van der Waals surface area contributed by atoms with Crippen molar-refractivity contribution in [3.05, 3.63) is 12.2 Å². The Morgan fingerprint density at radius 1 is 0.955 bits per heavy atom. The fraction of sp³-hybridized carbons (Fsp3) is 0.750. The number of hydrogen-bond donors (Lipinski definition) is 0. The van der Waals surface area contributed by atoms with Gasteiger partial charge in [0.15, 0.2) is 0 Å². The lowest BCUT2D eigenvalue weighted by Gasteiger charge is -2.38. The molecule has 2 fully saturated rings. The Balaban J connectivity index is 1.44. The molecule has 2 aliphatic heterocycles. The quantitative estimate of drug-likeness (QED) is 0.714. The maximum absolute atomic E-state index is 12.4. The van der Waals surface area contributed by atoms with E-state index in [1.54, 1.807) is 0 Å². The lowest BCUT2D eigenvalue weighted by atomic mass is 10.0. The zero-order chi connectivity index (χ0) is 15.4. The number of carbonyl (C=O) groups is 2. The molecule has 0 N–H and O–H groups in total. The van der Waals surface area contributed by atoms with Crippen molar-refractivity contribution in [2.75, 3.05) is 52.5 Å². The van der Waals surface area contributed by atoms with Gasteiger partial charge in [-0.1, -0.05) is 12.2 Å². The van der Waals surface area contributed by atoms with Crippen molar-refractivity contribution in [1.29, 1.82) is 0 Å². The van der Waals surface area contributed by atoms with E-state index >= 15 is 0 Å². The Kier molecular flexibility index (Phi) is 4.97. The number of carbonyl (C=O) groups excluding carboxylic acids is 2. The molecule has 22 heavy (non-hydrogen) atoms. The molecule has 0 saturated carbocycles. The lowest BCUT2D eigenvalue weighted by molar-refractivity contribution is -0.133. The van der Waals surface area contributed by atoms with E-state index < -0.39 is 0 Å². The number of piperazine rings is 1. The number of allylic oxidation sites excluding steroid dienone is 2. The average molecular weight is 307 g/mol. The van der Waals surface area contributed by atoms with Gasteiger partial charge in [-0.2, -0.15) is 0 Å². The minimum absolute atomic E-state index is 0.0918. The number of nitrogens with zero attached hydrogens (tertiary/aromatic N) is 3. The third-order valence-corrected chi connectivity index (χ3v) is 4.73. The number of hydrogen-bond acceptors (Lipinski definition) is 3. The summed E-state index contributed by atoms with van der Waals surface area (Å²) in [6.07, 6.45) is 7.14. The molecule has 1 aliphatic carbocycles. The van der Waals surface area contributed by atoms with Gasteiger partial charge in [0.05, 0.1) is 13.2 Å². The monoisotopic (exact) mass is 307 g/mol. The second-order valence-electron chi connectivity index (χ2n) is 6.22. The van der Waals surface area contributed by atoms with Gasteiger partial charge in [-0.15, -0.1) is 0 Å². The van der Waals surface area contributed by atoms with Crippen LogP contribution in [0.2, 0.25) is 0 Å². The van der Waals surface area contributed by atoms with E-state index in [-0.39, 0.29) is 11.9 Å². The van der Waals surface area contributed by atoms with E-state index in [1.807, 2.05) is 14.7 Å². The van der Waals surface area contributed by atoms with Crippen molar-refractivity contribution >= 4 is 11.9 Å². The van der Waals surface area contributed by atoms with Gasteiger partial charge in [-0.25, -0.2) is 4.79 Å². The number of amides is 3. The van der Waals surface area contributed by atoms with Crippen LogP contribution in [0.15, 0.2) is 12.2 Å². The van der Waals surface area contributed by atoms with E-state index in [9.17, 15) is 9.59 Å². The highest BCUT2D eigenvalue weighted by Gasteiger charge is 2.28. The molecule has 2 saturated heterocycles. The van der Waals surface area contributed by atoms with Crippen LogP contribution in [0.4, 0.5) is 4.79 Å². The summed E-state index contributed by atoms with van der Waals surface area (Å²) >= 11 is 0. The molecule has 0 spiro atoms. The summed E-state index contributed by atoms with van der Waals surface area (Å²) in [6, 6.07) is 0.0918. The summed E-state index contributed by atoms with van der Waals surface area (Å²) < 4.78 is 5.28. The summed E-state index contributed by atoms with van der Waals surface area (Å²) in [7, 11) is 0.